The number of rotatable bonds is 19. The number of hydrogen-bond donors (Lipinski definition) is 2. The molecule has 0 aliphatic heterocycles. The van der Waals surface area contributed by atoms with E-state index in [2.05, 4.69) is 11.6 Å². The van der Waals surface area contributed by atoms with Gasteiger partial charge in [0.05, 0.1) is 37.7 Å². The maximum Gasteiger partial charge on any atom is 0.427 e. The lowest BCUT2D eigenvalue weighted by atomic mass is 10.0. The third-order valence-corrected chi connectivity index (χ3v) is 10.1. The molecule has 4 rings (SSSR count). The van der Waals surface area contributed by atoms with Crippen LogP contribution < -0.4 is 15.2 Å². The van der Waals surface area contributed by atoms with Gasteiger partial charge in [-0.15, -0.1) is 0 Å². The molecule has 0 bridgehead atoms. The molecule has 3 aromatic carbocycles. The van der Waals surface area contributed by atoms with Crippen molar-refractivity contribution in [3.8, 4) is 28.6 Å². The molecule has 0 aliphatic rings. The summed E-state index contributed by atoms with van der Waals surface area (Å²) < 4.78 is 40.5. The van der Waals surface area contributed by atoms with E-state index >= 15 is 0 Å². The summed E-state index contributed by atoms with van der Waals surface area (Å²) in [5, 5.41) is 23.0. The second-order valence-corrected chi connectivity index (χ2v) is 14.5. The SMILES string of the molecule is CCCCCCCCCCCCS(=O)(=O)Nc1cc(-n2c(O)c(-c3c(OCc4ccccc4)ccc([N+](=O)[O-])c3C)oc2=O)c(Cl)cc1Cl. The molecular weight excluding hydrogens is 693 g/mol. The fraction of sp³-hybridized carbons (Fsp3) is 0.400. The summed E-state index contributed by atoms with van der Waals surface area (Å²) in [5.74, 6) is -2.23. The standard InChI is InChI=1S/C35H41Cl2N3O8S/c1-3-4-5-6-7-8-9-10-11-15-20-49(45,46)38-28-22-30(27(37)21-26(28)36)39-34(41)33(48-35(39)42)32-24(2)29(40(43)44)18-19-31(32)47-23-25-16-13-12-14-17-25/h12-14,16-19,21-22,38,41H,3-11,15,20,23H2,1-2H3. The first-order chi connectivity index (χ1) is 23.4. The summed E-state index contributed by atoms with van der Waals surface area (Å²) in [7, 11) is -3.82. The van der Waals surface area contributed by atoms with E-state index in [9.17, 15) is 28.4 Å². The highest BCUT2D eigenvalue weighted by atomic mass is 35.5. The third kappa shape index (κ3) is 10.0. The minimum Gasteiger partial charge on any atom is -0.491 e. The number of benzene rings is 3. The number of ether oxygens (including phenoxy) is 1. The van der Waals surface area contributed by atoms with Gasteiger partial charge >= 0.3 is 5.76 Å². The van der Waals surface area contributed by atoms with E-state index in [-0.39, 0.29) is 56.3 Å². The largest absolute Gasteiger partial charge is 0.491 e. The average Bonchev–Trinajstić information content (AvgIpc) is 3.34. The maximum absolute atomic E-state index is 13.2. The van der Waals surface area contributed by atoms with Gasteiger partial charge in [-0.25, -0.2) is 17.8 Å². The number of nitrogens with one attached hydrogen (secondary N) is 1. The molecule has 4 aromatic rings. The van der Waals surface area contributed by atoms with Gasteiger partial charge in [-0.2, -0.15) is 0 Å². The molecule has 0 radical (unpaired) electrons. The number of oxazole rings is 1. The van der Waals surface area contributed by atoms with E-state index in [1.807, 2.05) is 30.3 Å². The van der Waals surface area contributed by atoms with Crippen molar-refractivity contribution in [2.24, 2.45) is 0 Å². The molecule has 1 aromatic heterocycles. The Hall–Kier alpha value is -4.00. The van der Waals surface area contributed by atoms with Crippen molar-refractivity contribution < 1.29 is 27.6 Å². The highest BCUT2D eigenvalue weighted by Crippen LogP contribution is 2.43. The van der Waals surface area contributed by atoms with Crippen molar-refractivity contribution in [3.63, 3.8) is 0 Å². The van der Waals surface area contributed by atoms with Crippen LogP contribution in [-0.2, 0) is 16.6 Å². The van der Waals surface area contributed by atoms with Crippen LogP contribution in [0.5, 0.6) is 11.6 Å². The van der Waals surface area contributed by atoms with E-state index in [1.165, 1.54) is 63.3 Å². The second-order valence-electron chi connectivity index (χ2n) is 11.9. The summed E-state index contributed by atoms with van der Waals surface area (Å²) in [5.41, 5.74) is 0.398. The van der Waals surface area contributed by atoms with Gasteiger partial charge in [0, 0.05) is 11.6 Å². The molecule has 0 saturated heterocycles. The second kappa shape index (κ2) is 17.6. The summed E-state index contributed by atoms with van der Waals surface area (Å²) in [6.45, 7) is 3.72. The Morgan fingerprint density at radius 2 is 1.57 bits per heavy atom. The molecule has 0 fully saturated rings. The molecule has 0 unspecified atom stereocenters. The molecule has 0 aliphatic carbocycles. The van der Waals surface area contributed by atoms with Crippen molar-refractivity contribution in [2.45, 2.75) is 84.7 Å². The Morgan fingerprint density at radius 1 is 0.939 bits per heavy atom. The Kier molecular flexibility index (Phi) is 13.6. The average molecular weight is 735 g/mol. The van der Waals surface area contributed by atoms with Gasteiger partial charge in [0.1, 0.15) is 12.4 Å². The van der Waals surface area contributed by atoms with Gasteiger partial charge in [-0.05, 0) is 37.1 Å². The van der Waals surface area contributed by atoms with Gasteiger partial charge < -0.3 is 14.3 Å². The van der Waals surface area contributed by atoms with Crippen LogP contribution in [0.2, 0.25) is 10.0 Å². The molecule has 14 heteroatoms. The molecule has 11 nitrogen and oxygen atoms in total. The van der Waals surface area contributed by atoms with Gasteiger partial charge in [0.15, 0.2) is 0 Å². The summed E-state index contributed by atoms with van der Waals surface area (Å²) >= 11 is 12.8. The maximum atomic E-state index is 13.2. The number of nitro benzene ring substituents is 1. The van der Waals surface area contributed by atoms with Crippen LogP contribution >= 0.6 is 23.2 Å². The van der Waals surface area contributed by atoms with Crippen molar-refractivity contribution in [2.75, 3.05) is 10.5 Å². The van der Waals surface area contributed by atoms with Crippen molar-refractivity contribution in [1.82, 2.24) is 4.57 Å². The minimum atomic E-state index is -3.82. The lowest BCUT2D eigenvalue weighted by Gasteiger charge is -2.14. The Labute approximate surface area is 296 Å². The predicted octanol–water partition coefficient (Wildman–Crippen LogP) is 9.57. The number of nitrogens with zero attached hydrogens (tertiary/aromatic N) is 2. The number of nitro groups is 1. The molecule has 2 N–H and O–H groups in total. The van der Waals surface area contributed by atoms with E-state index < -0.39 is 32.3 Å². The number of aromatic hydroxyl groups is 1. The minimum absolute atomic E-state index is 0.0130. The first kappa shape index (κ1) is 37.8. The molecular formula is C35H41Cl2N3O8S. The zero-order valence-electron chi connectivity index (χ0n) is 27.5. The number of anilines is 1. The van der Waals surface area contributed by atoms with Crippen LogP contribution in [0.3, 0.4) is 0 Å². The highest BCUT2D eigenvalue weighted by molar-refractivity contribution is 7.92. The van der Waals surface area contributed by atoms with Crippen LogP contribution in [0, 0.1) is 17.0 Å². The first-order valence-electron chi connectivity index (χ1n) is 16.3. The summed E-state index contributed by atoms with van der Waals surface area (Å²) in [6.07, 6.45) is 10.5. The van der Waals surface area contributed by atoms with Gasteiger partial charge in [-0.1, -0.05) is 118 Å². The Bertz CT molecular complexity index is 1910. The monoisotopic (exact) mass is 733 g/mol. The van der Waals surface area contributed by atoms with Crippen LogP contribution in [0.15, 0.2) is 63.8 Å². The van der Waals surface area contributed by atoms with E-state index in [0.717, 1.165) is 35.8 Å². The van der Waals surface area contributed by atoms with Gasteiger partial charge in [0.2, 0.25) is 21.7 Å². The number of halogens is 2. The summed E-state index contributed by atoms with van der Waals surface area (Å²) in [4.78, 5) is 24.4. The van der Waals surface area contributed by atoms with E-state index in [0.29, 0.717) is 6.42 Å². The number of aromatic nitrogens is 1. The fourth-order valence-electron chi connectivity index (χ4n) is 5.54. The smallest absolute Gasteiger partial charge is 0.427 e. The van der Waals surface area contributed by atoms with E-state index in [1.54, 1.807) is 0 Å². The summed E-state index contributed by atoms with van der Waals surface area (Å²) in [6, 6.07) is 14.2. The first-order valence-corrected chi connectivity index (χ1v) is 18.7. The number of sulfonamides is 1. The zero-order chi connectivity index (χ0) is 35.6. The molecule has 0 spiro atoms. The zero-order valence-corrected chi connectivity index (χ0v) is 29.9. The third-order valence-electron chi connectivity index (χ3n) is 8.16. The highest BCUT2D eigenvalue weighted by Gasteiger charge is 2.29. The predicted molar refractivity (Wildman–Crippen MR) is 193 cm³/mol. The molecule has 0 amide bonds. The lowest BCUT2D eigenvalue weighted by Crippen LogP contribution is -2.18. The Balaban J connectivity index is 1.56. The lowest BCUT2D eigenvalue weighted by molar-refractivity contribution is -0.385. The van der Waals surface area contributed by atoms with Gasteiger partial charge in [0.25, 0.3) is 5.69 Å². The van der Waals surface area contributed by atoms with Crippen molar-refractivity contribution >= 4 is 44.6 Å². The van der Waals surface area contributed by atoms with Gasteiger partial charge in [-0.3, -0.25) is 14.8 Å². The van der Waals surface area contributed by atoms with Crippen LogP contribution in [0.25, 0.3) is 17.0 Å². The number of hydrogen-bond acceptors (Lipinski definition) is 8. The molecule has 0 atom stereocenters. The van der Waals surface area contributed by atoms with Crippen LogP contribution in [0.1, 0.15) is 82.3 Å². The van der Waals surface area contributed by atoms with Crippen LogP contribution in [0.4, 0.5) is 11.4 Å². The Morgan fingerprint density at radius 3 is 2.20 bits per heavy atom. The fourth-order valence-corrected chi connectivity index (χ4v) is 7.30. The van der Waals surface area contributed by atoms with Crippen molar-refractivity contribution in [3.05, 3.63) is 96.4 Å². The normalized spacial score (nSPS) is 11.5. The molecule has 264 valence electrons. The molecule has 1 heterocycles. The number of unbranched alkanes of at least 4 members (excludes halogenated alkanes) is 9. The molecule has 0 saturated carbocycles. The quantitative estimate of drug-likeness (QED) is 0.0549. The van der Waals surface area contributed by atoms with E-state index in [4.69, 9.17) is 32.4 Å². The van der Waals surface area contributed by atoms with Crippen LogP contribution in [-0.4, -0.2) is 28.8 Å². The van der Waals surface area contributed by atoms with Crippen molar-refractivity contribution in [1.29, 1.82) is 0 Å². The topological polar surface area (TPSA) is 154 Å². The molecule has 49 heavy (non-hydrogen) atoms.